The van der Waals surface area contributed by atoms with Gasteiger partial charge >= 0.3 is 0 Å². The Hall–Kier alpha value is -1.84. The third kappa shape index (κ3) is 2.11. The molecule has 3 nitrogen and oxygen atoms in total. The molecule has 1 aromatic heterocycles. The van der Waals surface area contributed by atoms with Gasteiger partial charge in [0.05, 0.1) is 6.20 Å². The maximum atomic E-state index is 13.3. The van der Waals surface area contributed by atoms with Crippen molar-refractivity contribution in [2.75, 3.05) is 18.5 Å². The Morgan fingerprint density at radius 1 is 1.32 bits per heavy atom. The van der Waals surface area contributed by atoms with Gasteiger partial charge in [0.1, 0.15) is 6.67 Å². The van der Waals surface area contributed by atoms with Crippen LogP contribution in [0.15, 0.2) is 24.5 Å². The van der Waals surface area contributed by atoms with Crippen molar-refractivity contribution in [1.29, 1.82) is 0 Å². The van der Waals surface area contributed by atoms with E-state index in [0.29, 0.717) is 0 Å². The van der Waals surface area contributed by atoms with Crippen LogP contribution < -0.4 is 4.90 Å². The molecular weight excluding hydrogens is 241 g/mol. The second kappa shape index (κ2) is 4.68. The fourth-order valence-electron chi connectivity index (χ4n) is 2.80. The predicted octanol–water partition coefficient (Wildman–Crippen LogP) is 2.94. The summed E-state index contributed by atoms with van der Waals surface area (Å²) in [7, 11) is 3.95. The summed E-state index contributed by atoms with van der Waals surface area (Å²) in [6, 6.07) is 4.13. The molecule has 1 aliphatic rings. The molecule has 0 unspecified atom stereocenters. The topological polar surface area (TPSA) is 21.1 Å². The maximum absolute atomic E-state index is 13.3. The molecule has 2 heterocycles. The molecule has 4 heteroatoms. The van der Waals surface area contributed by atoms with Gasteiger partial charge in [0, 0.05) is 38.1 Å². The van der Waals surface area contributed by atoms with Crippen LogP contribution >= 0.6 is 0 Å². The van der Waals surface area contributed by atoms with Crippen molar-refractivity contribution in [3.8, 4) is 11.1 Å². The van der Waals surface area contributed by atoms with Crippen LogP contribution in [-0.4, -0.2) is 23.4 Å². The van der Waals surface area contributed by atoms with Crippen molar-refractivity contribution < 1.29 is 4.39 Å². The number of hydrogen-bond donors (Lipinski definition) is 0. The second-order valence-electron chi connectivity index (χ2n) is 5.20. The molecule has 0 N–H and O–H groups in total. The van der Waals surface area contributed by atoms with Crippen LogP contribution in [0.4, 0.5) is 10.1 Å². The fraction of sp³-hybridized carbons (Fsp3) is 0.400. The molecule has 2 aromatic rings. The van der Waals surface area contributed by atoms with Gasteiger partial charge in [0.15, 0.2) is 0 Å². The quantitative estimate of drug-likeness (QED) is 0.826. The summed E-state index contributed by atoms with van der Waals surface area (Å²) in [5.74, 6) is 0. The van der Waals surface area contributed by atoms with Crippen molar-refractivity contribution in [3.05, 3.63) is 35.7 Å². The van der Waals surface area contributed by atoms with Crippen molar-refractivity contribution >= 4 is 5.69 Å². The predicted molar refractivity (Wildman–Crippen MR) is 75.0 cm³/mol. The lowest BCUT2D eigenvalue weighted by atomic mass is 9.94. The number of aryl methyl sites for hydroxylation is 2. The van der Waals surface area contributed by atoms with E-state index >= 15 is 0 Å². The van der Waals surface area contributed by atoms with E-state index in [2.05, 4.69) is 23.1 Å². The summed E-state index contributed by atoms with van der Waals surface area (Å²) in [5.41, 5.74) is 5.20. The number of halogens is 1. The molecule has 0 fully saturated rings. The fourth-order valence-corrected chi connectivity index (χ4v) is 2.80. The van der Waals surface area contributed by atoms with Crippen LogP contribution in [0.25, 0.3) is 11.1 Å². The number of rotatable bonds is 2. The lowest BCUT2D eigenvalue weighted by Gasteiger charge is -2.28. The van der Waals surface area contributed by atoms with E-state index in [1.807, 2.05) is 19.3 Å². The van der Waals surface area contributed by atoms with E-state index in [4.69, 9.17) is 0 Å². The Morgan fingerprint density at radius 2 is 2.16 bits per heavy atom. The van der Waals surface area contributed by atoms with Gasteiger partial charge in [-0.1, -0.05) is 0 Å². The highest BCUT2D eigenvalue weighted by molar-refractivity contribution is 5.72. The standard InChI is InChI=1S/C15H18FN3/c1-18-5-3-4-11-6-14(12(8-16)7-15(11)18)13-9-17-19(2)10-13/h6-7,9-10H,3-5,8H2,1-2H3. The highest BCUT2D eigenvalue weighted by atomic mass is 19.1. The van der Waals surface area contributed by atoms with E-state index in [0.717, 1.165) is 36.1 Å². The zero-order chi connectivity index (χ0) is 13.4. The Labute approximate surface area is 112 Å². The van der Waals surface area contributed by atoms with Crippen LogP contribution in [0.2, 0.25) is 0 Å². The zero-order valence-corrected chi connectivity index (χ0v) is 11.4. The first-order valence-corrected chi connectivity index (χ1v) is 6.61. The Kier molecular flexibility index (Phi) is 3.01. The lowest BCUT2D eigenvalue weighted by Crippen LogP contribution is -2.24. The number of aromatic nitrogens is 2. The van der Waals surface area contributed by atoms with Gasteiger partial charge < -0.3 is 4.90 Å². The molecule has 0 radical (unpaired) electrons. The Balaban J connectivity index is 2.14. The van der Waals surface area contributed by atoms with Gasteiger partial charge in [0.2, 0.25) is 0 Å². The van der Waals surface area contributed by atoms with Gasteiger partial charge in [-0.3, -0.25) is 4.68 Å². The third-order valence-electron chi connectivity index (χ3n) is 3.82. The maximum Gasteiger partial charge on any atom is 0.115 e. The minimum Gasteiger partial charge on any atom is -0.374 e. The molecule has 0 bridgehead atoms. The molecule has 1 aliphatic heterocycles. The summed E-state index contributed by atoms with van der Waals surface area (Å²) in [5, 5.41) is 4.18. The highest BCUT2D eigenvalue weighted by Crippen LogP contribution is 2.34. The Bertz CT molecular complexity index is 603. The van der Waals surface area contributed by atoms with Crippen LogP contribution in [0.1, 0.15) is 17.5 Å². The van der Waals surface area contributed by atoms with Crippen LogP contribution in [-0.2, 0) is 20.1 Å². The molecule has 0 aliphatic carbocycles. The van der Waals surface area contributed by atoms with E-state index in [1.165, 1.54) is 11.3 Å². The monoisotopic (exact) mass is 259 g/mol. The van der Waals surface area contributed by atoms with E-state index in [-0.39, 0.29) is 0 Å². The molecular formula is C15H18FN3. The second-order valence-corrected chi connectivity index (χ2v) is 5.20. The number of fused-ring (bicyclic) bond motifs is 1. The normalized spacial score (nSPS) is 14.6. The molecule has 0 spiro atoms. The summed E-state index contributed by atoms with van der Waals surface area (Å²) >= 11 is 0. The molecule has 100 valence electrons. The average molecular weight is 259 g/mol. The molecule has 3 rings (SSSR count). The Morgan fingerprint density at radius 3 is 2.84 bits per heavy atom. The molecule has 0 amide bonds. The minimum atomic E-state index is -0.439. The van der Waals surface area contributed by atoms with Crippen molar-refractivity contribution in [3.63, 3.8) is 0 Å². The first-order chi connectivity index (χ1) is 9.19. The van der Waals surface area contributed by atoms with Gasteiger partial charge in [-0.15, -0.1) is 0 Å². The van der Waals surface area contributed by atoms with Crippen molar-refractivity contribution in [1.82, 2.24) is 9.78 Å². The third-order valence-corrected chi connectivity index (χ3v) is 3.82. The summed E-state index contributed by atoms with van der Waals surface area (Å²) in [6.45, 7) is 0.607. The summed E-state index contributed by atoms with van der Waals surface area (Å²) in [4.78, 5) is 2.21. The van der Waals surface area contributed by atoms with E-state index in [9.17, 15) is 4.39 Å². The summed E-state index contributed by atoms with van der Waals surface area (Å²) in [6.07, 6.45) is 5.96. The number of hydrogen-bond acceptors (Lipinski definition) is 2. The van der Waals surface area contributed by atoms with Gasteiger partial charge in [0.25, 0.3) is 0 Å². The van der Waals surface area contributed by atoms with E-state index < -0.39 is 6.67 Å². The van der Waals surface area contributed by atoms with Gasteiger partial charge in [-0.25, -0.2) is 4.39 Å². The molecule has 1 aromatic carbocycles. The molecule has 19 heavy (non-hydrogen) atoms. The SMILES string of the molecule is CN1CCCc2cc(-c3cnn(C)c3)c(CF)cc21. The van der Waals surface area contributed by atoms with Crippen molar-refractivity contribution in [2.45, 2.75) is 19.5 Å². The molecule has 0 saturated carbocycles. The van der Waals surface area contributed by atoms with E-state index in [1.54, 1.807) is 10.9 Å². The van der Waals surface area contributed by atoms with Crippen molar-refractivity contribution in [2.24, 2.45) is 7.05 Å². The largest absolute Gasteiger partial charge is 0.374 e. The number of alkyl halides is 1. The zero-order valence-electron chi connectivity index (χ0n) is 11.4. The number of nitrogens with zero attached hydrogens (tertiary/aromatic N) is 3. The lowest BCUT2D eigenvalue weighted by molar-refractivity contribution is 0.486. The van der Waals surface area contributed by atoms with Gasteiger partial charge in [-0.05, 0) is 41.7 Å². The highest BCUT2D eigenvalue weighted by Gasteiger charge is 2.18. The van der Waals surface area contributed by atoms with Crippen LogP contribution in [0, 0.1) is 0 Å². The number of benzene rings is 1. The minimum absolute atomic E-state index is 0.439. The average Bonchev–Trinajstić information content (AvgIpc) is 2.84. The summed E-state index contributed by atoms with van der Waals surface area (Å²) < 4.78 is 15.1. The molecule has 0 saturated heterocycles. The first kappa shape index (κ1) is 12.2. The smallest absolute Gasteiger partial charge is 0.115 e. The molecule has 0 atom stereocenters. The van der Waals surface area contributed by atoms with Crippen LogP contribution in [0.3, 0.4) is 0 Å². The first-order valence-electron chi connectivity index (χ1n) is 6.61. The van der Waals surface area contributed by atoms with Gasteiger partial charge in [-0.2, -0.15) is 5.10 Å². The number of anilines is 1. The van der Waals surface area contributed by atoms with Crippen LogP contribution in [0.5, 0.6) is 0 Å².